The van der Waals surface area contributed by atoms with Crippen molar-refractivity contribution in [2.45, 2.75) is 13.8 Å². The van der Waals surface area contributed by atoms with Crippen molar-refractivity contribution in [3.05, 3.63) is 28.3 Å². The Morgan fingerprint density at radius 3 is 2.53 bits per heavy atom. The molecule has 2 aromatic rings. The Bertz CT molecular complexity index is 563. The third-order valence-corrected chi connectivity index (χ3v) is 3.14. The van der Waals surface area contributed by atoms with Gasteiger partial charge in [-0.2, -0.15) is 5.10 Å². The molecular formula is C12H14ClN3O. The van der Waals surface area contributed by atoms with Crippen molar-refractivity contribution in [2.75, 3.05) is 12.8 Å². The Morgan fingerprint density at radius 2 is 2.00 bits per heavy atom. The lowest BCUT2D eigenvalue weighted by atomic mass is 10.0. The van der Waals surface area contributed by atoms with Crippen LogP contribution in [0.4, 0.5) is 5.82 Å². The third kappa shape index (κ3) is 1.96. The Kier molecular flexibility index (Phi) is 2.98. The summed E-state index contributed by atoms with van der Waals surface area (Å²) in [7, 11) is 1.60. The number of nitrogens with zero attached hydrogens (tertiary/aromatic N) is 1. The molecule has 2 rings (SSSR count). The zero-order valence-corrected chi connectivity index (χ0v) is 10.7. The largest absolute Gasteiger partial charge is 0.494 e. The summed E-state index contributed by atoms with van der Waals surface area (Å²) in [6.45, 7) is 3.95. The Labute approximate surface area is 105 Å². The minimum Gasteiger partial charge on any atom is -0.494 e. The van der Waals surface area contributed by atoms with Crippen molar-refractivity contribution in [1.82, 2.24) is 10.2 Å². The van der Waals surface area contributed by atoms with Crippen LogP contribution < -0.4 is 10.5 Å². The second kappa shape index (κ2) is 4.30. The summed E-state index contributed by atoms with van der Waals surface area (Å²) < 4.78 is 5.38. The van der Waals surface area contributed by atoms with E-state index in [4.69, 9.17) is 22.1 Å². The van der Waals surface area contributed by atoms with Crippen LogP contribution in [0.15, 0.2) is 12.1 Å². The van der Waals surface area contributed by atoms with Crippen LogP contribution >= 0.6 is 11.6 Å². The molecule has 5 heteroatoms. The minimum atomic E-state index is 0.443. The van der Waals surface area contributed by atoms with Crippen molar-refractivity contribution in [1.29, 1.82) is 0 Å². The molecule has 0 aliphatic heterocycles. The molecule has 1 aromatic heterocycles. The van der Waals surface area contributed by atoms with Gasteiger partial charge in [-0.3, -0.25) is 5.10 Å². The number of hydrogen-bond donors (Lipinski definition) is 2. The number of methoxy groups -OCH3 is 1. The SMILES string of the molecule is COc1c(Cl)c(C)cc(C)c1-c1cc(N)n[nH]1. The molecule has 1 aromatic carbocycles. The summed E-state index contributed by atoms with van der Waals surface area (Å²) in [5, 5.41) is 7.40. The van der Waals surface area contributed by atoms with Crippen LogP contribution in [-0.4, -0.2) is 17.3 Å². The van der Waals surface area contributed by atoms with E-state index in [1.165, 1.54) is 0 Å². The number of nitrogens with two attached hydrogens (primary N) is 1. The van der Waals surface area contributed by atoms with Crippen LogP contribution in [0, 0.1) is 13.8 Å². The predicted octanol–water partition coefficient (Wildman–Crippen LogP) is 2.94. The summed E-state index contributed by atoms with van der Waals surface area (Å²) in [6.07, 6.45) is 0. The maximum absolute atomic E-state index is 6.24. The first-order valence-corrected chi connectivity index (χ1v) is 5.57. The fourth-order valence-corrected chi connectivity index (χ4v) is 2.15. The molecule has 3 N–H and O–H groups in total. The van der Waals surface area contributed by atoms with Crippen molar-refractivity contribution >= 4 is 17.4 Å². The van der Waals surface area contributed by atoms with Crippen molar-refractivity contribution in [2.24, 2.45) is 0 Å². The maximum atomic E-state index is 6.24. The van der Waals surface area contributed by atoms with Crippen LogP contribution in [0.5, 0.6) is 5.75 Å². The van der Waals surface area contributed by atoms with E-state index in [-0.39, 0.29) is 0 Å². The Hall–Kier alpha value is -1.68. The summed E-state index contributed by atoms with van der Waals surface area (Å²) >= 11 is 6.24. The quantitative estimate of drug-likeness (QED) is 0.863. The van der Waals surface area contributed by atoms with Crippen LogP contribution in [-0.2, 0) is 0 Å². The van der Waals surface area contributed by atoms with E-state index in [1.807, 2.05) is 19.9 Å². The summed E-state index contributed by atoms with van der Waals surface area (Å²) in [6, 6.07) is 3.77. The highest BCUT2D eigenvalue weighted by Crippen LogP contribution is 2.40. The number of halogens is 1. The van der Waals surface area contributed by atoms with E-state index < -0.39 is 0 Å². The van der Waals surface area contributed by atoms with Crippen molar-refractivity contribution < 1.29 is 4.74 Å². The second-order valence-electron chi connectivity index (χ2n) is 3.94. The van der Waals surface area contributed by atoms with Gasteiger partial charge in [0.25, 0.3) is 0 Å². The highest BCUT2D eigenvalue weighted by molar-refractivity contribution is 6.33. The lowest BCUT2D eigenvalue weighted by Crippen LogP contribution is -1.95. The molecule has 17 heavy (non-hydrogen) atoms. The van der Waals surface area contributed by atoms with Gasteiger partial charge in [0.15, 0.2) is 0 Å². The monoisotopic (exact) mass is 251 g/mol. The van der Waals surface area contributed by atoms with Gasteiger partial charge in [-0.15, -0.1) is 0 Å². The molecule has 0 aliphatic rings. The molecule has 0 amide bonds. The summed E-state index contributed by atoms with van der Waals surface area (Å²) in [4.78, 5) is 0. The van der Waals surface area contributed by atoms with Gasteiger partial charge in [-0.1, -0.05) is 17.7 Å². The third-order valence-electron chi connectivity index (χ3n) is 2.67. The van der Waals surface area contributed by atoms with Crippen LogP contribution in [0.3, 0.4) is 0 Å². The number of anilines is 1. The summed E-state index contributed by atoms with van der Waals surface area (Å²) in [5.74, 6) is 1.09. The van der Waals surface area contributed by atoms with Crippen LogP contribution in [0.2, 0.25) is 5.02 Å². The van der Waals surface area contributed by atoms with Crippen molar-refractivity contribution in [3.8, 4) is 17.0 Å². The number of hydrogen-bond acceptors (Lipinski definition) is 3. The standard InChI is InChI=1S/C12H14ClN3O/c1-6-4-7(2)11(13)12(17-3)10(6)8-5-9(14)16-15-8/h4-5H,1-3H3,(H3,14,15,16). The van der Waals surface area contributed by atoms with Crippen LogP contribution in [0.25, 0.3) is 11.3 Å². The zero-order chi connectivity index (χ0) is 12.6. The number of aromatic amines is 1. The molecule has 0 bridgehead atoms. The molecule has 90 valence electrons. The average molecular weight is 252 g/mol. The molecular weight excluding hydrogens is 238 g/mol. The van der Waals surface area contributed by atoms with Gasteiger partial charge >= 0.3 is 0 Å². The highest BCUT2D eigenvalue weighted by atomic mass is 35.5. The molecule has 1 heterocycles. The summed E-state index contributed by atoms with van der Waals surface area (Å²) in [5.41, 5.74) is 9.36. The van der Waals surface area contributed by atoms with Gasteiger partial charge in [0.05, 0.1) is 17.8 Å². The fraction of sp³-hybridized carbons (Fsp3) is 0.250. The van der Waals surface area contributed by atoms with Crippen LogP contribution in [0.1, 0.15) is 11.1 Å². The number of aromatic nitrogens is 2. The van der Waals surface area contributed by atoms with E-state index >= 15 is 0 Å². The number of aryl methyl sites for hydroxylation is 2. The topological polar surface area (TPSA) is 63.9 Å². The predicted molar refractivity (Wildman–Crippen MR) is 69.5 cm³/mol. The first kappa shape index (κ1) is 11.8. The van der Waals surface area contributed by atoms with E-state index in [9.17, 15) is 0 Å². The molecule has 0 saturated heterocycles. The molecule has 0 radical (unpaired) electrons. The maximum Gasteiger partial charge on any atom is 0.147 e. The highest BCUT2D eigenvalue weighted by Gasteiger charge is 2.16. The normalized spacial score (nSPS) is 10.6. The minimum absolute atomic E-state index is 0.443. The molecule has 0 aliphatic carbocycles. The molecule has 0 saturated carbocycles. The smallest absolute Gasteiger partial charge is 0.147 e. The number of ether oxygens (including phenoxy) is 1. The van der Waals surface area contributed by atoms with Gasteiger partial charge in [-0.05, 0) is 25.0 Å². The van der Waals surface area contributed by atoms with Gasteiger partial charge in [0, 0.05) is 11.6 Å². The van der Waals surface area contributed by atoms with E-state index in [1.54, 1.807) is 13.2 Å². The fourth-order valence-electron chi connectivity index (χ4n) is 1.92. The molecule has 4 nitrogen and oxygen atoms in total. The van der Waals surface area contributed by atoms with E-state index in [2.05, 4.69) is 10.2 Å². The molecule has 0 unspecified atom stereocenters. The number of nitrogens with one attached hydrogen (secondary N) is 1. The zero-order valence-electron chi connectivity index (χ0n) is 9.97. The number of H-pyrrole nitrogens is 1. The number of nitrogen functional groups attached to an aromatic ring is 1. The average Bonchev–Trinajstić information content (AvgIpc) is 2.69. The number of benzene rings is 1. The van der Waals surface area contributed by atoms with E-state index in [0.29, 0.717) is 16.6 Å². The molecule has 0 fully saturated rings. The van der Waals surface area contributed by atoms with Gasteiger partial charge in [-0.25, -0.2) is 0 Å². The Morgan fingerprint density at radius 1 is 1.29 bits per heavy atom. The molecule has 0 spiro atoms. The van der Waals surface area contributed by atoms with Crippen molar-refractivity contribution in [3.63, 3.8) is 0 Å². The first-order valence-electron chi connectivity index (χ1n) is 5.19. The van der Waals surface area contributed by atoms with Gasteiger partial charge < -0.3 is 10.5 Å². The molecule has 0 atom stereocenters. The van der Waals surface area contributed by atoms with Gasteiger partial charge in [0.2, 0.25) is 0 Å². The lowest BCUT2D eigenvalue weighted by Gasteiger charge is -2.14. The van der Waals surface area contributed by atoms with Gasteiger partial charge in [0.1, 0.15) is 11.6 Å². The lowest BCUT2D eigenvalue weighted by molar-refractivity contribution is 0.416. The Balaban J connectivity index is 2.72. The van der Waals surface area contributed by atoms with E-state index in [0.717, 1.165) is 22.4 Å². The second-order valence-corrected chi connectivity index (χ2v) is 4.32. The number of rotatable bonds is 2. The first-order chi connectivity index (χ1) is 8.04.